The van der Waals surface area contributed by atoms with Gasteiger partial charge in [0.15, 0.2) is 0 Å². The third-order valence-corrected chi connectivity index (χ3v) is 5.15. The van der Waals surface area contributed by atoms with Crippen molar-refractivity contribution in [2.24, 2.45) is 0 Å². The number of ether oxygens (including phenoxy) is 1. The minimum absolute atomic E-state index is 0.0535. The first-order chi connectivity index (χ1) is 14.2. The fourth-order valence-electron chi connectivity index (χ4n) is 3.58. The number of aromatic amines is 1. The van der Waals surface area contributed by atoms with Crippen LogP contribution in [0.1, 0.15) is 22.5 Å². The Morgan fingerprint density at radius 3 is 2.72 bits per heavy atom. The van der Waals surface area contributed by atoms with Crippen molar-refractivity contribution in [2.75, 3.05) is 33.3 Å². The van der Waals surface area contributed by atoms with Gasteiger partial charge in [0.05, 0.1) is 25.2 Å². The lowest BCUT2D eigenvalue weighted by Crippen LogP contribution is -2.35. The van der Waals surface area contributed by atoms with E-state index in [9.17, 15) is 4.79 Å². The highest BCUT2D eigenvalue weighted by Gasteiger charge is 2.22. The fourth-order valence-corrected chi connectivity index (χ4v) is 3.58. The van der Waals surface area contributed by atoms with Crippen LogP contribution in [0.15, 0.2) is 49.1 Å². The van der Waals surface area contributed by atoms with E-state index < -0.39 is 0 Å². The van der Waals surface area contributed by atoms with E-state index in [1.807, 2.05) is 35.4 Å². The second kappa shape index (κ2) is 8.83. The van der Waals surface area contributed by atoms with Crippen LogP contribution >= 0.6 is 0 Å². The van der Waals surface area contributed by atoms with Gasteiger partial charge < -0.3 is 9.64 Å². The molecular formula is C21H24N6O2. The first-order valence-corrected chi connectivity index (χ1v) is 9.69. The number of hydrogen-bond donors (Lipinski definition) is 1. The fraction of sp³-hybridized carbons (Fsp3) is 0.333. The maximum atomic E-state index is 12.6. The molecule has 0 atom stereocenters. The maximum Gasteiger partial charge on any atom is 0.274 e. The van der Waals surface area contributed by atoms with E-state index in [4.69, 9.17) is 4.74 Å². The summed E-state index contributed by atoms with van der Waals surface area (Å²) >= 11 is 0. The Morgan fingerprint density at radius 2 is 1.97 bits per heavy atom. The number of H-pyrrole nitrogens is 1. The highest BCUT2D eigenvalue weighted by Crippen LogP contribution is 2.25. The van der Waals surface area contributed by atoms with E-state index in [0.29, 0.717) is 12.2 Å². The third kappa shape index (κ3) is 4.43. The molecule has 1 fully saturated rings. The summed E-state index contributed by atoms with van der Waals surface area (Å²) in [7, 11) is 1.66. The smallest absolute Gasteiger partial charge is 0.274 e. The molecule has 0 saturated carbocycles. The van der Waals surface area contributed by atoms with Crippen LogP contribution in [0, 0.1) is 0 Å². The number of amides is 1. The zero-order valence-electron chi connectivity index (χ0n) is 16.4. The minimum Gasteiger partial charge on any atom is -0.497 e. The SMILES string of the molecule is COc1ccc(-c2[nH]ncc2CN2CCCN(C(=O)c3cnccn3)CC2)cc1. The summed E-state index contributed by atoms with van der Waals surface area (Å²) in [5.74, 6) is 0.775. The lowest BCUT2D eigenvalue weighted by molar-refractivity contribution is 0.0754. The molecule has 8 heteroatoms. The molecule has 1 aliphatic heterocycles. The van der Waals surface area contributed by atoms with Crippen LogP contribution in [0.3, 0.4) is 0 Å². The lowest BCUT2D eigenvalue weighted by Gasteiger charge is -2.21. The molecule has 150 valence electrons. The monoisotopic (exact) mass is 392 g/mol. The van der Waals surface area contributed by atoms with Crippen molar-refractivity contribution in [3.63, 3.8) is 0 Å². The van der Waals surface area contributed by atoms with E-state index in [-0.39, 0.29) is 5.91 Å². The first kappa shape index (κ1) is 19.1. The van der Waals surface area contributed by atoms with Gasteiger partial charge in [-0.05, 0) is 30.7 Å². The lowest BCUT2D eigenvalue weighted by atomic mass is 10.1. The molecule has 2 aromatic heterocycles. The van der Waals surface area contributed by atoms with Gasteiger partial charge in [-0.1, -0.05) is 0 Å². The minimum atomic E-state index is -0.0535. The number of carbonyl (C=O) groups is 1. The van der Waals surface area contributed by atoms with Gasteiger partial charge in [-0.25, -0.2) is 4.98 Å². The zero-order chi connectivity index (χ0) is 20.1. The molecule has 1 aliphatic rings. The summed E-state index contributed by atoms with van der Waals surface area (Å²) in [5, 5.41) is 7.37. The van der Waals surface area contributed by atoms with Crippen LogP contribution in [0.25, 0.3) is 11.3 Å². The number of benzene rings is 1. The standard InChI is InChI=1S/C21H24N6O2/c1-29-18-5-3-16(4-6-18)20-17(13-24-25-20)15-26-9-2-10-27(12-11-26)21(28)19-14-22-7-8-23-19/h3-8,13-14H,2,9-12,15H2,1H3,(H,24,25). The van der Waals surface area contributed by atoms with Gasteiger partial charge in [-0.3, -0.25) is 19.8 Å². The van der Waals surface area contributed by atoms with Gasteiger partial charge in [0.1, 0.15) is 11.4 Å². The summed E-state index contributed by atoms with van der Waals surface area (Å²) in [6.07, 6.45) is 7.45. The topological polar surface area (TPSA) is 87.2 Å². The van der Waals surface area contributed by atoms with Gasteiger partial charge in [-0.15, -0.1) is 0 Å². The van der Waals surface area contributed by atoms with Crippen molar-refractivity contribution < 1.29 is 9.53 Å². The first-order valence-electron chi connectivity index (χ1n) is 9.69. The summed E-state index contributed by atoms with van der Waals surface area (Å²) < 4.78 is 5.24. The Balaban J connectivity index is 1.41. The summed E-state index contributed by atoms with van der Waals surface area (Å²) in [5.41, 5.74) is 3.64. The highest BCUT2D eigenvalue weighted by atomic mass is 16.5. The average molecular weight is 392 g/mol. The summed E-state index contributed by atoms with van der Waals surface area (Å²) in [6.45, 7) is 3.91. The number of aromatic nitrogens is 4. The Morgan fingerprint density at radius 1 is 1.10 bits per heavy atom. The van der Waals surface area contributed by atoms with Crippen LogP contribution < -0.4 is 4.74 Å². The Labute approximate surface area is 169 Å². The van der Waals surface area contributed by atoms with Crippen molar-refractivity contribution in [1.82, 2.24) is 30.0 Å². The molecular weight excluding hydrogens is 368 g/mol. The highest BCUT2D eigenvalue weighted by molar-refractivity contribution is 5.91. The molecule has 1 aromatic carbocycles. The molecule has 1 saturated heterocycles. The normalized spacial score (nSPS) is 15.1. The van der Waals surface area contributed by atoms with Crippen molar-refractivity contribution in [3.8, 4) is 17.0 Å². The van der Waals surface area contributed by atoms with Gasteiger partial charge in [-0.2, -0.15) is 5.10 Å². The van der Waals surface area contributed by atoms with Crippen LogP contribution in [0.4, 0.5) is 0 Å². The number of methoxy groups -OCH3 is 1. The van der Waals surface area contributed by atoms with Crippen molar-refractivity contribution in [1.29, 1.82) is 0 Å². The van der Waals surface area contributed by atoms with Crippen molar-refractivity contribution >= 4 is 5.91 Å². The third-order valence-electron chi connectivity index (χ3n) is 5.15. The molecule has 0 aliphatic carbocycles. The van der Waals surface area contributed by atoms with Gasteiger partial charge in [0.2, 0.25) is 0 Å². The van der Waals surface area contributed by atoms with E-state index in [1.54, 1.807) is 19.5 Å². The maximum absolute atomic E-state index is 12.6. The van der Waals surface area contributed by atoms with Crippen LogP contribution in [0.5, 0.6) is 5.75 Å². The number of nitrogens with one attached hydrogen (secondary N) is 1. The zero-order valence-corrected chi connectivity index (χ0v) is 16.4. The van der Waals surface area contributed by atoms with Crippen LogP contribution in [-0.4, -0.2) is 69.2 Å². The molecule has 0 radical (unpaired) electrons. The molecule has 8 nitrogen and oxygen atoms in total. The second-order valence-corrected chi connectivity index (χ2v) is 7.01. The Kier molecular flexibility index (Phi) is 5.81. The number of carbonyl (C=O) groups excluding carboxylic acids is 1. The largest absolute Gasteiger partial charge is 0.497 e. The number of nitrogens with zero attached hydrogens (tertiary/aromatic N) is 5. The van der Waals surface area contributed by atoms with Crippen molar-refractivity contribution in [3.05, 3.63) is 60.3 Å². The summed E-state index contributed by atoms with van der Waals surface area (Å²) in [4.78, 5) is 25.0. The van der Waals surface area contributed by atoms with Gasteiger partial charge >= 0.3 is 0 Å². The van der Waals surface area contributed by atoms with E-state index in [1.165, 1.54) is 6.20 Å². The molecule has 3 aromatic rings. The molecule has 4 rings (SSSR count). The number of hydrogen-bond acceptors (Lipinski definition) is 6. The second-order valence-electron chi connectivity index (χ2n) is 7.01. The molecule has 29 heavy (non-hydrogen) atoms. The van der Waals surface area contributed by atoms with E-state index >= 15 is 0 Å². The average Bonchev–Trinajstić information content (AvgIpc) is 3.11. The van der Waals surface area contributed by atoms with Gasteiger partial charge in [0, 0.05) is 56.2 Å². The summed E-state index contributed by atoms with van der Waals surface area (Å²) in [6, 6.07) is 7.95. The van der Waals surface area contributed by atoms with E-state index in [2.05, 4.69) is 25.1 Å². The van der Waals surface area contributed by atoms with Crippen LogP contribution in [0.2, 0.25) is 0 Å². The Bertz CT molecular complexity index is 941. The van der Waals surface area contributed by atoms with Crippen molar-refractivity contribution in [2.45, 2.75) is 13.0 Å². The predicted octanol–water partition coefficient (Wildman–Crippen LogP) is 2.22. The quantitative estimate of drug-likeness (QED) is 0.716. The molecule has 1 amide bonds. The molecule has 0 spiro atoms. The van der Waals surface area contributed by atoms with Crippen LogP contribution in [-0.2, 0) is 6.54 Å². The predicted molar refractivity (Wildman–Crippen MR) is 108 cm³/mol. The molecule has 0 bridgehead atoms. The molecule has 3 heterocycles. The number of rotatable bonds is 5. The van der Waals surface area contributed by atoms with Gasteiger partial charge in [0.25, 0.3) is 5.91 Å². The Hall–Kier alpha value is -3.26. The molecule has 0 unspecified atom stereocenters. The molecule has 1 N–H and O–H groups in total. The van der Waals surface area contributed by atoms with E-state index in [0.717, 1.165) is 55.2 Å².